The van der Waals surface area contributed by atoms with E-state index in [1.54, 1.807) is 12.1 Å². The lowest BCUT2D eigenvalue weighted by molar-refractivity contribution is 1.19. The van der Waals surface area contributed by atoms with E-state index in [0.717, 1.165) is 22.5 Å². The van der Waals surface area contributed by atoms with E-state index in [0.29, 0.717) is 15.0 Å². The number of thiocarbonyl (C=S) groups is 1. The van der Waals surface area contributed by atoms with E-state index in [1.807, 2.05) is 25.1 Å². The van der Waals surface area contributed by atoms with Gasteiger partial charge in [-0.05, 0) is 31.2 Å². The lowest BCUT2D eigenvalue weighted by Gasteiger charge is -2.07. The Labute approximate surface area is 121 Å². The molecule has 0 spiro atoms. The van der Waals surface area contributed by atoms with Crippen molar-refractivity contribution in [2.24, 2.45) is 5.73 Å². The van der Waals surface area contributed by atoms with Crippen molar-refractivity contribution in [2.45, 2.75) is 6.92 Å². The van der Waals surface area contributed by atoms with Gasteiger partial charge in [-0.3, -0.25) is 4.98 Å². The molecule has 0 aliphatic carbocycles. The van der Waals surface area contributed by atoms with Crippen LogP contribution in [0.3, 0.4) is 0 Å². The molecule has 1 aromatic carbocycles. The average Bonchev–Trinajstić information content (AvgIpc) is 2.32. The summed E-state index contributed by atoms with van der Waals surface area (Å²) in [7, 11) is 0. The molecule has 0 aliphatic rings. The fourth-order valence-electron chi connectivity index (χ4n) is 1.64. The van der Waals surface area contributed by atoms with Gasteiger partial charge in [0.25, 0.3) is 0 Å². The molecule has 5 heteroatoms. The summed E-state index contributed by atoms with van der Waals surface area (Å²) in [6, 6.07) is 9.13. The molecule has 0 fully saturated rings. The highest BCUT2D eigenvalue weighted by atomic mass is 35.5. The number of pyridine rings is 1. The lowest BCUT2D eigenvalue weighted by atomic mass is 10.1. The van der Waals surface area contributed by atoms with Crippen molar-refractivity contribution in [3.8, 4) is 11.3 Å². The zero-order chi connectivity index (χ0) is 13.3. The highest BCUT2D eigenvalue weighted by Gasteiger charge is 2.07. The minimum Gasteiger partial charge on any atom is -0.389 e. The summed E-state index contributed by atoms with van der Waals surface area (Å²) in [6.07, 6.45) is 0. The van der Waals surface area contributed by atoms with Gasteiger partial charge in [-0.15, -0.1) is 0 Å². The highest BCUT2D eigenvalue weighted by molar-refractivity contribution is 7.80. The molecule has 0 radical (unpaired) electrons. The quantitative estimate of drug-likeness (QED) is 0.852. The second-order valence-corrected chi connectivity index (χ2v) is 5.08. The van der Waals surface area contributed by atoms with Crippen LogP contribution in [0.5, 0.6) is 0 Å². The van der Waals surface area contributed by atoms with E-state index in [9.17, 15) is 0 Å². The van der Waals surface area contributed by atoms with Crippen LogP contribution in [0, 0.1) is 6.92 Å². The van der Waals surface area contributed by atoms with E-state index >= 15 is 0 Å². The van der Waals surface area contributed by atoms with Crippen LogP contribution in [0.2, 0.25) is 10.0 Å². The Kier molecular flexibility index (Phi) is 3.85. The largest absolute Gasteiger partial charge is 0.389 e. The molecule has 18 heavy (non-hydrogen) atoms. The Morgan fingerprint density at radius 1 is 1.17 bits per heavy atom. The molecule has 0 bridgehead atoms. The maximum Gasteiger partial charge on any atom is 0.105 e. The normalized spacial score (nSPS) is 10.4. The third kappa shape index (κ3) is 2.64. The van der Waals surface area contributed by atoms with E-state index in [4.69, 9.17) is 41.2 Å². The molecular weight excluding hydrogens is 287 g/mol. The fourth-order valence-corrected chi connectivity index (χ4v) is 2.15. The van der Waals surface area contributed by atoms with Gasteiger partial charge >= 0.3 is 0 Å². The molecule has 0 atom stereocenters. The third-order valence-corrected chi connectivity index (χ3v) is 3.53. The Balaban J connectivity index is 2.48. The molecule has 2 rings (SSSR count). The Bertz CT molecular complexity index is 626. The molecular formula is C13H10Cl2N2S. The molecule has 0 saturated heterocycles. The summed E-state index contributed by atoms with van der Waals surface area (Å²) in [6.45, 7) is 1.87. The number of aryl methyl sites for hydroxylation is 1. The first-order chi connectivity index (χ1) is 8.49. The van der Waals surface area contributed by atoms with E-state index in [-0.39, 0.29) is 0 Å². The summed E-state index contributed by atoms with van der Waals surface area (Å²) in [5.41, 5.74) is 8.90. The second-order valence-electron chi connectivity index (χ2n) is 3.82. The smallest absolute Gasteiger partial charge is 0.105 e. The number of benzene rings is 1. The van der Waals surface area contributed by atoms with Crippen molar-refractivity contribution in [2.75, 3.05) is 0 Å². The minimum absolute atomic E-state index is 0.348. The summed E-state index contributed by atoms with van der Waals surface area (Å²) < 4.78 is 0. The van der Waals surface area contributed by atoms with Gasteiger partial charge in [0, 0.05) is 16.8 Å². The van der Waals surface area contributed by atoms with E-state index in [2.05, 4.69) is 4.98 Å². The van der Waals surface area contributed by atoms with E-state index in [1.165, 1.54) is 0 Å². The second kappa shape index (κ2) is 5.22. The lowest BCUT2D eigenvalue weighted by Crippen LogP contribution is -2.12. The molecule has 2 N–H and O–H groups in total. The topological polar surface area (TPSA) is 38.9 Å². The maximum absolute atomic E-state index is 5.98. The molecule has 0 saturated carbocycles. The van der Waals surface area contributed by atoms with Crippen LogP contribution in [0.4, 0.5) is 0 Å². The van der Waals surface area contributed by atoms with Crippen molar-refractivity contribution in [3.63, 3.8) is 0 Å². The monoisotopic (exact) mass is 296 g/mol. The number of nitrogens with two attached hydrogens (primary N) is 1. The Morgan fingerprint density at radius 3 is 2.44 bits per heavy atom. The first-order valence-electron chi connectivity index (χ1n) is 5.22. The van der Waals surface area contributed by atoms with Crippen molar-refractivity contribution >= 4 is 40.4 Å². The number of hydrogen-bond donors (Lipinski definition) is 1. The van der Waals surface area contributed by atoms with Crippen LogP contribution in [0.25, 0.3) is 11.3 Å². The zero-order valence-electron chi connectivity index (χ0n) is 9.58. The van der Waals surface area contributed by atoms with Gasteiger partial charge in [0.1, 0.15) is 4.99 Å². The zero-order valence-corrected chi connectivity index (χ0v) is 11.9. The van der Waals surface area contributed by atoms with Gasteiger partial charge < -0.3 is 5.73 Å². The first-order valence-corrected chi connectivity index (χ1v) is 6.38. The molecule has 1 heterocycles. The van der Waals surface area contributed by atoms with Gasteiger partial charge in [0.15, 0.2) is 0 Å². The summed E-state index contributed by atoms with van der Waals surface area (Å²) in [4.78, 5) is 4.81. The van der Waals surface area contributed by atoms with Crippen molar-refractivity contribution in [1.82, 2.24) is 4.98 Å². The molecule has 2 nitrogen and oxygen atoms in total. The summed E-state index contributed by atoms with van der Waals surface area (Å²) in [5, 5.41) is 1.03. The van der Waals surface area contributed by atoms with Gasteiger partial charge in [0.2, 0.25) is 0 Å². The predicted molar refractivity (Wildman–Crippen MR) is 80.3 cm³/mol. The van der Waals surface area contributed by atoms with Crippen LogP contribution in [-0.4, -0.2) is 9.97 Å². The first kappa shape index (κ1) is 13.3. The SMILES string of the molecule is Cc1nc(-c2ccc(Cl)c(Cl)c2)ccc1C(N)=S. The maximum atomic E-state index is 5.98. The van der Waals surface area contributed by atoms with Crippen molar-refractivity contribution in [3.05, 3.63) is 51.6 Å². The van der Waals surface area contributed by atoms with Gasteiger partial charge in [-0.25, -0.2) is 0 Å². The van der Waals surface area contributed by atoms with Crippen LogP contribution in [-0.2, 0) is 0 Å². The molecule has 92 valence electrons. The summed E-state index contributed by atoms with van der Waals surface area (Å²) >= 11 is 16.8. The van der Waals surface area contributed by atoms with E-state index < -0.39 is 0 Å². The fraction of sp³-hybridized carbons (Fsp3) is 0.0769. The Morgan fingerprint density at radius 2 is 1.89 bits per heavy atom. The standard InChI is InChI=1S/C13H10Cl2N2S/c1-7-9(13(16)18)3-5-12(17-7)8-2-4-10(14)11(15)6-8/h2-6H,1H3,(H2,16,18). The number of rotatable bonds is 2. The van der Waals surface area contributed by atoms with Crippen LogP contribution < -0.4 is 5.73 Å². The number of nitrogens with zero attached hydrogens (tertiary/aromatic N) is 1. The Hall–Kier alpha value is -1.16. The van der Waals surface area contributed by atoms with Crippen molar-refractivity contribution in [1.29, 1.82) is 0 Å². The minimum atomic E-state index is 0.348. The number of halogens is 2. The third-order valence-electron chi connectivity index (χ3n) is 2.57. The van der Waals surface area contributed by atoms with Gasteiger partial charge in [0.05, 0.1) is 15.7 Å². The summed E-state index contributed by atoms with van der Waals surface area (Å²) in [5.74, 6) is 0. The average molecular weight is 297 g/mol. The van der Waals surface area contributed by atoms with Crippen LogP contribution in [0.1, 0.15) is 11.3 Å². The predicted octanol–water partition coefficient (Wildman–Crippen LogP) is 4.00. The van der Waals surface area contributed by atoms with Gasteiger partial charge in [-0.2, -0.15) is 0 Å². The van der Waals surface area contributed by atoms with Crippen LogP contribution >= 0.6 is 35.4 Å². The van der Waals surface area contributed by atoms with Crippen LogP contribution in [0.15, 0.2) is 30.3 Å². The number of aromatic nitrogens is 1. The van der Waals surface area contributed by atoms with Gasteiger partial charge in [-0.1, -0.05) is 41.5 Å². The molecule has 0 unspecified atom stereocenters. The molecule has 0 amide bonds. The molecule has 0 aliphatic heterocycles. The van der Waals surface area contributed by atoms with Crippen molar-refractivity contribution < 1.29 is 0 Å². The molecule has 2 aromatic rings. The number of hydrogen-bond acceptors (Lipinski definition) is 2. The highest BCUT2D eigenvalue weighted by Crippen LogP contribution is 2.28. The molecule has 1 aromatic heterocycles.